The van der Waals surface area contributed by atoms with Crippen LogP contribution in [-0.2, 0) is 11.0 Å². The Morgan fingerprint density at radius 3 is 2.73 bits per heavy atom. The van der Waals surface area contributed by atoms with Crippen LogP contribution in [0.25, 0.3) is 37.0 Å². The van der Waals surface area contributed by atoms with Crippen LogP contribution < -0.4 is 15.4 Å². The van der Waals surface area contributed by atoms with Gasteiger partial charge in [-0.25, -0.2) is 18.0 Å². The number of carbonyl (C=O) groups is 1. The third kappa shape index (κ3) is 5.89. The lowest BCUT2D eigenvalue weighted by Gasteiger charge is -2.32. The van der Waals surface area contributed by atoms with Crippen LogP contribution in [0.2, 0.25) is 0 Å². The number of hydrogen-bond acceptors (Lipinski definition) is 8. The second-order valence-electron chi connectivity index (χ2n) is 13.1. The second kappa shape index (κ2) is 12.9. The molecule has 0 radical (unpaired) electrons. The number of benzene rings is 2. The Balaban J connectivity index is 1.43. The largest absolute Gasteiger partial charge is 0.461 e. The molecule has 9 nitrogen and oxygen atoms in total. The molecule has 1 amide bonds. The number of halogens is 6. The first-order valence-electron chi connectivity index (χ1n) is 16.4. The first-order chi connectivity index (χ1) is 24.3. The summed E-state index contributed by atoms with van der Waals surface area (Å²) in [5, 5.41) is -0.164. The maximum absolute atomic E-state index is 15.7. The van der Waals surface area contributed by atoms with E-state index in [1.807, 2.05) is 4.90 Å². The molecule has 2 N–H and O–H groups in total. The number of alkyl halides is 5. The minimum atomic E-state index is -4.95. The molecule has 0 bridgehead atoms. The fourth-order valence-electron chi connectivity index (χ4n) is 7.93. The Labute approximate surface area is 293 Å². The van der Waals surface area contributed by atoms with E-state index >= 15 is 17.6 Å². The number of rotatable bonds is 8. The molecule has 2 aromatic carbocycles. The number of likely N-dealkylation sites (N-methyl/N-ethyl adjacent to an activating group) is 1. The number of amides is 1. The molecule has 0 saturated carbocycles. The minimum absolute atomic E-state index is 0.00415. The number of nitrogens with zero attached hydrogens (tertiary/aromatic N) is 6. The maximum Gasteiger partial charge on any atom is 0.417 e. The molecule has 0 spiro atoms. The highest BCUT2D eigenvalue weighted by molar-refractivity contribution is 7.23. The fourth-order valence-corrected chi connectivity index (χ4v) is 8.87. The molecule has 5 heterocycles. The van der Waals surface area contributed by atoms with E-state index in [0.717, 1.165) is 36.0 Å². The van der Waals surface area contributed by atoms with E-state index in [2.05, 4.69) is 21.4 Å². The fraction of sp³-hybridized carbons (Fsp3) is 0.429. The molecule has 2 aromatic heterocycles. The SMILES string of the molecule is [C-]#[N+]c1c(N)sc2c(F)ccc(-c3cc4nc(OC[C@@]56CCCN5C[C@H](F)C6)nc(N(CC)[C@H]5CN(C(=O)C=C)C[C@H]5F)c4cc3C(F)(F)F)c12. The van der Waals surface area contributed by atoms with Crippen LogP contribution >= 0.6 is 11.3 Å². The van der Waals surface area contributed by atoms with Crippen molar-refractivity contribution in [3.05, 3.63) is 59.7 Å². The first kappa shape index (κ1) is 34.8. The van der Waals surface area contributed by atoms with Gasteiger partial charge >= 0.3 is 12.2 Å². The van der Waals surface area contributed by atoms with E-state index < -0.39 is 47.4 Å². The van der Waals surface area contributed by atoms with Gasteiger partial charge in [-0.2, -0.15) is 23.1 Å². The van der Waals surface area contributed by atoms with Crippen LogP contribution in [0.3, 0.4) is 0 Å². The molecule has 7 rings (SSSR count). The lowest BCUT2D eigenvalue weighted by atomic mass is 9.94. The number of likely N-dealkylation sites (tertiary alicyclic amines) is 1. The molecule has 268 valence electrons. The summed E-state index contributed by atoms with van der Waals surface area (Å²) in [6.07, 6.45) is -4.71. The highest BCUT2D eigenvalue weighted by Gasteiger charge is 2.49. The van der Waals surface area contributed by atoms with E-state index in [1.165, 1.54) is 21.9 Å². The van der Waals surface area contributed by atoms with Crippen LogP contribution in [0.4, 0.5) is 42.8 Å². The monoisotopic (exact) mass is 729 g/mol. The molecule has 51 heavy (non-hydrogen) atoms. The lowest BCUT2D eigenvalue weighted by molar-refractivity contribution is -0.137. The molecule has 4 atom stereocenters. The maximum atomic E-state index is 15.7. The van der Waals surface area contributed by atoms with Crippen LogP contribution in [0.5, 0.6) is 6.01 Å². The molecule has 0 unspecified atom stereocenters. The molecule has 3 aliphatic rings. The number of hydrogen-bond donors (Lipinski definition) is 1. The summed E-state index contributed by atoms with van der Waals surface area (Å²) in [6, 6.07) is 3.06. The van der Waals surface area contributed by atoms with Crippen molar-refractivity contribution in [3.8, 4) is 17.1 Å². The van der Waals surface area contributed by atoms with E-state index in [-0.39, 0.29) is 93.8 Å². The number of nitrogens with two attached hydrogens (primary N) is 1. The van der Waals surface area contributed by atoms with Gasteiger partial charge < -0.3 is 20.3 Å². The molecule has 3 aliphatic heterocycles. The molecular formula is C35H33F6N7O2S. The number of aromatic nitrogens is 2. The summed E-state index contributed by atoms with van der Waals surface area (Å²) in [5.41, 5.74) is 3.67. The summed E-state index contributed by atoms with van der Waals surface area (Å²) >= 11 is 0.766. The molecule has 3 fully saturated rings. The molecular weight excluding hydrogens is 696 g/mol. The smallest absolute Gasteiger partial charge is 0.417 e. The van der Waals surface area contributed by atoms with Crippen molar-refractivity contribution in [2.24, 2.45) is 0 Å². The van der Waals surface area contributed by atoms with E-state index in [9.17, 15) is 13.6 Å². The number of anilines is 2. The highest BCUT2D eigenvalue weighted by atomic mass is 32.1. The van der Waals surface area contributed by atoms with Crippen molar-refractivity contribution in [1.82, 2.24) is 19.8 Å². The number of nitrogen functional groups attached to an aromatic ring is 1. The minimum Gasteiger partial charge on any atom is -0.461 e. The second-order valence-corrected chi connectivity index (χ2v) is 14.2. The Bertz CT molecular complexity index is 2100. The lowest BCUT2D eigenvalue weighted by Crippen LogP contribution is -2.44. The normalized spacial score (nSPS) is 23.6. The van der Waals surface area contributed by atoms with Gasteiger partial charge in [0.05, 0.1) is 45.5 Å². The quantitative estimate of drug-likeness (QED) is 0.116. The summed E-state index contributed by atoms with van der Waals surface area (Å²) in [6.45, 7) is 13.6. The van der Waals surface area contributed by atoms with Crippen molar-refractivity contribution in [2.75, 3.05) is 50.0 Å². The van der Waals surface area contributed by atoms with Crippen LogP contribution in [0, 0.1) is 12.4 Å². The topological polar surface area (TPSA) is 92.2 Å². The van der Waals surface area contributed by atoms with Crippen molar-refractivity contribution in [3.63, 3.8) is 0 Å². The third-order valence-electron chi connectivity index (χ3n) is 10.2. The van der Waals surface area contributed by atoms with E-state index in [4.69, 9.17) is 17.0 Å². The standard InChI is InChI=1S/C35H33F6N7O2S/c1-4-27(49)46-15-24(38)26(16-46)48(5-2)32-21-11-22(35(39,40)41)20(19-7-8-23(37)30-28(19)29(43-3)31(42)51-30)12-25(21)44-33(45-32)50-17-34-9-6-10-47(34)14-18(36)13-34/h4,7-8,11-12,18,24,26H,1,5-6,9-10,13-17,42H2,2H3/t18-,24-,26+,34+/m1/s1. The van der Waals surface area contributed by atoms with Gasteiger partial charge in [0.25, 0.3) is 0 Å². The third-order valence-corrected chi connectivity index (χ3v) is 11.3. The Morgan fingerprint density at radius 2 is 2.02 bits per heavy atom. The number of fused-ring (bicyclic) bond motifs is 3. The zero-order valence-corrected chi connectivity index (χ0v) is 28.3. The van der Waals surface area contributed by atoms with Crippen molar-refractivity contribution >= 4 is 54.7 Å². The van der Waals surface area contributed by atoms with Crippen molar-refractivity contribution in [2.45, 2.75) is 56.3 Å². The Hall–Kier alpha value is -4.62. The predicted molar refractivity (Wildman–Crippen MR) is 183 cm³/mol. The number of ether oxygens (including phenoxy) is 1. The van der Waals surface area contributed by atoms with Crippen LogP contribution in [0.15, 0.2) is 36.9 Å². The summed E-state index contributed by atoms with van der Waals surface area (Å²) in [5.74, 6) is -1.27. The number of thiophene rings is 1. The van der Waals surface area contributed by atoms with Gasteiger partial charge in [0.2, 0.25) is 11.6 Å². The average Bonchev–Trinajstić information content (AvgIpc) is 3.83. The summed E-state index contributed by atoms with van der Waals surface area (Å²) in [4.78, 5) is 29.7. The van der Waals surface area contributed by atoms with E-state index in [0.29, 0.717) is 13.0 Å². The first-order valence-corrected chi connectivity index (χ1v) is 17.3. The van der Waals surface area contributed by atoms with Crippen LogP contribution in [0.1, 0.15) is 31.7 Å². The highest BCUT2D eigenvalue weighted by Crippen LogP contribution is 2.50. The number of carbonyl (C=O) groups excluding carboxylic acids is 1. The Morgan fingerprint density at radius 1 is 1.24 bits per heavy atom. The zero-order chi connectivity index (χ0) is 36.4. The van der Waals surface area contributed by atoms with Gasteiger partial charge in [0.1, 0.15) is 30.6 Å². The Kier molecular flexibility index (Phi) is 8.78. The van der Waals surface area contributed by atoms with Gasteiger partial charge in [0.15, 0.2) is 0 Å². The van der Waals surface area contributed by atoms with Crippen LogP contribution in [-0.4, -0.2) is 88.9 Å². The van der Waals surface area contributed by atoms with Crippen molar-refractivity contribution in [1.29, 1.82) is 0 Å². The van der Waals surface area contributed by atoms with Gasteiger partial charge in [0, 0.05) is 36.8 Å². The molecule has 3 saturated heterocycles. The van der Waals surface area contributed by atoms with Gasteiger partial charge in [-0.3, -0.25) is 9.69 Å². The zero-order valence-electron chi connectivity index (χ0n) is 27.4. The molecule has 16 heteroatoms. The van der Waals surface area contributed by atoms with Gasteiger partial charge in [-0.15, -0.1) is 11.3 Å². The van der Waals surface area contributed by atoms with Gasteiger partial charge in [-0.1, -0.05) is 12.6 Å². The molecule has 4 aromatic rings. The molecule has 0 aliphatic carbocycles. The summed E-state index contributed by atoms with van der Waals surface area (Å²) < 4.78 is 96.4. The summed E-state index contributed by atoms with van der Waals surface area (Å²) in [7, 11) is 0. The van der Waals surface area contributed by atoms with Crippen molar-refractivity contribution < 1.29 is 35.9 Å². The van der Waals surface area contributed by atoms with Gasteiger partial charge in [-0.05, 0) is 61.7 Å². The van der Waals surface area contributed by atoms with E-state index in [1.54, 1.807) is 6.92 Å². The average molecular weight is 730 g/mol. The predicted octanol–water partition coefficient (Wildman–Crippen LogP) is 7.32.